The molecular formula is C8H9F7OS. The van der Waals surface area contributed by atoms with Gasteiger partial charge in [-0.05, 0) is 0 Å². The van der Waals surface area contributed by atoms with E-state index in [0.29, 0.717) is 11.8 Å². The standard InChI is InChI=1S/C8H9F7OS/c1-2-5(16)17-4-3-6(9,10)7(11,12)8(13,14)15/h2-4H2,1H3. The number of halogens is 7. The first-order valence-corrected chi connectivity index (χ1v) is 5.42. The van der Waals surface area contributed by atoms with E-state index < -0.39 is 35.3 Å². The van der Waals surface area contributed by atoms with E-state index in [2.05, 4.69) is 0 Å². The van der Waals surface area contributed by atoms with Crippen LogP contribution in [0.4, 0.5) is 30.7 Å². The summed E-state index contributed by atoms with van der Waals surface area (Å²) in [5, 5.41) is -0.545. The van der Waals surface area contributed by atoms with Crippen molar-refractivity contribution in [3.05, 3.63) is 0 Å². The van der Waals surface area contributed by atoms with Gasteiger partial charge in [0.25, 0.3) is 0 Å². The van der Waals surface area contributed by atoms with Crippen molar-refractivity contribution in [3.63, 3.8) is 0 Å². The highest BCUT2D eigenvalue weighted by molar-refractivity contribution is 8.13. The number of hydrogen-bond acceptors (Lipinski definition) is 2. The zero-order chi connectivity index (χ0) is 13.9. The zero-order valence-electron chi connectivity index (χ0n) is 8.58. The number of thioether (sulfide) groups is 1. The SMILES string of the molecule is CCC(=O)SCCC(F)(F)C(F)(F)C(F)(F)F. The Labute approximate surface area is 96.7 Å². The molecule has 0 unspecified atom stereocenters. The van der Waals surface area contributed by atoms with Gasteiger partial charge in [0.05, 0.1) is 0 Å². The number of carbonyl (C=O) groups excluding carboxylic acids is 1. The molecule has 0 amide bonds. The van der Waals surface area contributed by atoms with Crippen LogP contribution >= 0.6 is 11.8 Å². The van der Waals surface area contributed by atoms with Crippen molar-refractivity contribution in [1.82, 2.24) is 0 Å². The molecule has 0 spiro atoms. The first-order chi connectivity index (χ1) is 7.45. The fraction of sp³-hybridized carbons (Fsp3) is 0.875. The highest BCUT2D eigenvalue weighted by atomic mass is 32.2. The van der Waals surface area contributed by atoms with Crippen LogP contribution < -0.4 is 0 Å². The third-order valence-corrected chi connectivity index (χ3v) is 2.80. The van der Waals surface area contributed by atoms with Crippen molar-refractivity contribution in [3.8, 4) is 0 Å². The van der Waals surface area contributed by atoms with Crippen LogP contribution in [0.1, 0.15) is 19.8 Å². The summed E-state index contributed by atoms with van der Waals surface area (Å²) in [6.07, 6.45) is -8.03. The fourth-order valence-electron chi connectivity index (χ4n) is 0.759. The predicted octanol–water partition coefficient (Wildman–Crippen LogP) is 3.88. The number of carbonyl (C=O) groups is 1. The Bertz CT molecular complexity index is 274. The van der Waals surface area contributed by atoms with E-state index in [0.717, 1.165) is 0 Å². The molecule has 0 saturated carbocycles. The molecule has 0 aliphatic rings. The van der Waals surface area contributed by atoms with Gasteiger partial charge in [-0.2, -0.15) is 30.7 Å². The van der Waals surface area contributed by atoms with Gasteiger partial charge in [0.15, 0.2) is 5.12 Å². The van der Waals surface area contributed by atoms with E-state index in [1.54, 1.807) is 0 Å². The van der Waals surface area contributed by atoms with E-state index in [4.69, 9.17) is 0 Å². The second kappa shape index (κ2) is 5.45. The van der Waals surface area contributed by atoms with Crippen molar-refractivity contribution in [2.24, 2.45) is 0 Å². The van der Waals surface area contributed by atoms with Crippen LogP contribution in [0, 0.1) is 0 Å². The topological polar surface area (TPSA) is 17.1 Å². The van der Waals surface area contributed by atoms with Gasteiger partial charge in [-0.25, -0.2) is 0 Å². The Balaban J connectivity index is 4.52. The van der Waals surface area contributed by atoms with Gasteiger partial charge in [-0.1, -0.05) is 18.7 Å². The van der Waals surface area contributed by atoms with Crippen molar-refractivity contribution in [2.45, 2.75) is 37.8 Å². The van der Waals surface area contributed by atoms with Gasteiger partial charge in [-0.15, -0.1) is 0 Å². The van der Waals surface area contributed by atoms with Crippen LogP contribution in [0.2, 0.25) is 0 Å². The normalized spacial score (nSPS) is 13.9. The molecule has 0 atom stereocenters. The number of alkyl halides is 7. The molecule has 17 heavy (non-hydrogen) atoms. The maximum atomic E-state index is 12.7. The number of hydrogen-bond donors (Lipinski definition) is 0. The van der Waals surface area contributed by atoms with Crippen molar-refractivity contribution in [1.29, 1.82) is 0 Å². The van der Waals surface area contributed by atoms with Crippen molar-refractivity contribution in [2.75, 3.05) is 5.75 Å². The summed E-state index contributed by atoms with van der Waals surface area (Å²) >= 11 is 0.310. The van der Waals surface area contributed by atoms with Crippen LogP contribution in [-0.4, -0.2) is 28.9 Å². The highest BCUT2D eigenvalue weighted by Crippen LogP contribution is 2.48. The average Bonchev–Trinajstić information content (AvgIpc) is 2.15. The predicted molar refractivity (Wildman–Crippen MR) is 48.3 cm³/mol. The number of rotatable bonds is 5. The van der Waals surface area contributed by atoms with Gasteiger partial charge in [-0.3, -0.25) is 4.79 Å². The van der Waals surface area contributed by atoms with Crippen LogP contribution in [-0.2, 0) is 4.79 Å². The van der Waals surface area contributed by atoms with Gasteiger partial charge in [0, 0.05) is 18.6 Å². The van der Waals surface area contributed by atoms with Crippen LogP contribution in [0.15, 0.2) is 0 Å². The van der Waals surface area contributed by atoms with Crippen LogP contribution in [0.3, 0.4) is 0 Å². The van der Waals surface area contributed by atoms with Crippen molar-refractivity contribution >= 4 is 16.9 Å². The summed E-state index contributed by atoms with van der Waals surface area (Å²) in [5.74, 6) is -12.1. The van der Waals surface area contributed by atoms with Gasteiger partial charge in [0.1, 0.15) is 0 Å². The molecule has 0 aromatic rings. The minimum Gasteiger partial charge on any atom is -0.287 e. The van der Waals surface area contributed by atoms with E-state index >= 15 is 0 Å². The second-order valence-electron chi connectivity index (χ2n) is 3.10. The maximum Gasteiger partial charge on any atom is 0.459 e. The van der Waals surface area contributed by atoms with E-state index in [9.17, 15) is 35.5 Å². The molecule has 0 aliphatic carbocycles. The Kier molecular flexibility index (Phi) is 5.30. The fourth-order valence-corrected chi connectivity index (χ4v) is 1.55. The summed E-state index contributed by atoms with van der Waals surface area (Å²) in [5.41, 5.74) is 0. The molecule has 0 heterocycles. The second-order valence-corrected chi connectivity index (χ2v) is 4.25. The summed E-state index contributed by atoms with van der Waals surface area (Å²) in [6, 6.07) is 0. The molecule has 9 heteroatoms. The lowest BCUT2D eigenvalue weighted by Gasteiger charge is -2.27. The highest BCUT2D eigenvalue weighted by Gasteiger charge is 2.72. The van der Waals surface area contributed by atoms with Crippen molar-refractivity contribution < 1.29 is 35.5 Å². The minimum atomic E-state index is -6.31. The molecular weight excluding hydrogens is 277 g/mol. The lowest BCUT2D eigenvalue weighted by molar-refractivity contribution is -0.354. The molecule has 0 aromatic carbocycles. The molecule has 0 aliphatic heterocycles. The lowest BCUT2D eigenvalue weighted by atomic mass is 10.1. The summed E-state index contributed by atoms with van der Waals surface area (Å²) < 4.78 is 85.0. The monoisotopic (exact) mass is 286 g/mol. The van der Waals surface area contributed by atoms with E-state index in [1.807, 2.05) is 0 Å². The molecule has 102 valence electrons. The molecule has 1 nitrogen and oxygen atoms in total. The Morgan fingerprint density at radius 1 is 1.06 bits per heavy atom. The summed E-state index contributed by atoms with van der Waals surface area (Å²) in [6.45, 7) is 1.41. The van der Waals surface area contributed by atoms with Crippen LogP contribution in [0.25, 0.3) is 0 Å². The average molecular weight is 286 g/mol. The Morgan fingerprint density at radius 2 is 1.53 bits per heavy atom. The summed E-state index contributed by atoms with van der Waals surface area (Å²) in [7, 11) is 0. The zero-order valence-corrected chi connectivity index (χ0v) is 9.40. The minimum absolute atomic E-state index is 0.00803. The van der Waals surface area contributed by atoms with E-state index in [-0.39, 0.29) is 6.42 Å². The molecule has 0 saturated heterocycles. The van der Waals surface area contributed by atoms with Gasteiger partial charge in [0.2, 0.25) is 0 Å². The van der Waals surface area contributed by atoms with Gasteiger partial charge < -0.3 is 0 Å². The van der Waals surface area contributed by atoms with E-state index in [1.165, 1.54) is 6.92 Å². The van der Waals surface area contributed by atoms with Gasteiger partial charge >= 0.3 is 18.0 Å². The first-order valence-electron chi connectivity index (χ1n) is 4.43. The molecule has 0 rings (SSSR count). The lowest BCUT2D eigenvalue weighted by Crippen LogP contribution is -2.52. The molecule has 0 fully saturated rings. The Morgan fingerprint density at radius 3 is 1.88 bits per heavy atom. The molecule has 0 radical (unpaired) electrons. The molecule has 0 aromatic heterocycles. The Hall–Kier alpha value is -0.470. The third kappa shape index (κ3) is 4.04. The van der Waals surface area contributed by atoms with Crippen LogP contribution in [0.5, 0.6) is 0 Å². The molecule has 0 N–H and O–H groups in total. The molecule has 0 bridgehead atoms. The third-order valence-electron chi connectivity index (χ3n) is 1.78. The largest absolute Gasteiger partial charge is 0.459 e. The summed E-state index contributed by atoms with van der Waals surface area (Å²) in [4.78, 5) is 10.7. The smallest absolute Gasteiger partial charge is 0.287 e. The quantitative estimate of drug-likeness (QED) is 0.713. The first kappa shape index (κ1) is 16.5. The maximum absolute atomic E-state index is 12.7.